The summed E-state index contributed by atoms with van der Waals surface area (Å²) >= 11 is 0. The van der Waals surface area contributed by atoms with Gasteiger partial charge in [-0.3, -0.25) is 4.68 Å². The van der Waals surface area contributed by atoms with E-state index in [2.05, 4.69) is 30.2 Å². The highest BCUT2D eigenvalue weighted by molar-refractivity contribution is 5.31. The highest BCUT2D eigenvalue weighted by Crippen LogP contribution is 2.12. The molecule has 0 aliphatic heterocycles. The molecule has 1 aromatic carbocycles. The zero-order valence-electron chi connectivity index (χ0n) is 9.77. The predicted molar refractivity (Wildman–Crippen MR) is 65.1 cm³/mol. The number of nitrogens with two attached hydrogens (primary N) is 1. The molecule has 0 unspecified atom stereocenters. The Hall–Kier alpha value is -1.61. The van der Waals surface area contributed by atoms with Gasteiger partial charge in [-0.2, -0.15) is 5.10 Å². The molecular formula is C13H17N3. The third-order valence-corrected chi connectivity index (χ3v) is 2.75. The fourth-order valence-corrected chi connectivity index (χ4v) is 1.79. The summed E-state index contributed by atoms with van der Waals surface area (Å²) in [6.07, 6.45) is 2.01. The van der Waals surface area contributed by atoms with Crippen LogP contribution in [0.4, 0.5) is 0 Å². The van der Waals surface area contributed by atoms with Crippen molar-refractivity contribution in [3.63, 3.8) is 0 Å². The van der Waals surface area contributed by atoms with Gasteiger partial charge in [0.15, 0.2) is 0 Å². The van der Waals surface area contributed by atoms with Crippen LogP contribution < -0.4 is 5.73 Å². The summed E-state index contributed by atoms with van der Waals surface area (Å²) in [7, 11) is 0. The highest BCUT2D eigenvalue weighted by Gasteiger charge is 2.01. The molecule has 0 fully saturated rings. The zero-order chi connectivity index (χ0) is 11.5. The summed E-state index contributed by atoms with van der Waals surface area (Å²) in [5.74, 6) is 0. The molecule has 0 aliphatic rings. The van der Waals surface area contributed by atoms with E-state index in [4.69, 9.17) is 5.73 Å². The molecule has 0 bridgehead atoms. The molecule has 0 saturated carbocycles. The molecule has 0 aliphatic carbocycles. The van der Waals surface area contributed by atoms with Crippen molar-refractivity contribution in [2.24, 2.45) is 5.73 Å². The molecule has 1 aromatic heterocycles. The lowest BCUT2D eigenvalue weighted by Crippen LogP contribution is -2.04. The van der Waals surface area contributed by atoms with Gasteiger partial charge in [-0.15, -0.1) is 0 Å². The van der Waals surface area contributed by atoms with Crippen molar-refractivity contribution in [2.75, 3.05) is 0 Å². The van der Waals surface area contributed by atoms with Crippen molar-refractivity contribution in [1.29, 1.82) is 0 Å². The lowest BCUT2D eigenvalue weighted by atomic mass is 10.1. The third kappa shape index (κ3) is 2.31. The van der Waals surface area contributed by atoms with Crippen LogP contribution in [-0.4, -0.2) is 9.78 Å². The largest absolute Gasteiger partial charge is 0.326 e. The minimum atomic E-state index is 0.599. The van der Waals surface area contributed by atoms with E-state index >= 15 is 0 Å². The Morgan fingerprint density at radius 1 is 1.25 bits per heavy atom. The molecule has 0 radical (unpaired) electrons. The van der Waals surface area contributed by atoms with Crippen LogP contribution in [0.3, 0.4) is 0 Å². The van der Waals surface area contributed by atoms with Gasteiger partial charge in [0.25, 0.3) is 0 Å². The molecule has 0 atom stereocenters. The van der Waals surface area contributed by atoms with Gasteiger partial charge in [0, 0.05) is 12.7 Å². The Bertz CT molecular complexity index is 486. The van der Waals surface area contributed by atoms with Crippen LogP contribution in [0.5, 0.6) is 0 Å². The first-order valence-corrected chi connectivity index (χ1v) is 5.47. The first-order chi connectivity index (χ1) is 7.69. The number of rotatable bonds is 3. The van der Waals surface area contributed by atoms with Gasteiger partial charge in [-0.25, -0.2) is 0 Å². The molecule has 2 aromatic rings. The molecular weight excluding hydrogens is 198 g/mol. The molecule has 2 N–H and O–H groups in total. The summed E-state index contributed by atoms with van der Waals surface area (Å²) < 4.78 is 1.96. The minimum absolute atomic E-state index is 0.599. The second-order valence-electron chi connectivity index (χ2n) is 4.12. The van der Waals surface area contributed by atoms with Crippen molar-refractivity contribution in [3.8, 4) is 0 Å². The van der Waals surface area contributed by atoms with Crippen LogP contribution in [0.15, 0.2) is 30.5 Å². The van der Waals surface area contributed by atoms with Gasteiger partial charge in [0.2, 0.25) is 0 Å². The van der Waals surface area contributed by atoms with E-state index in [1.165, 1.54) is 16.7 Å². The number of benzene rings is 1. The van der Waals surface area contributed by atoms with Gasteiger partial charge in [-0.1, -0.05) is 18.2 Å². The molecule has 3 nitrogen and oxygen atoms in total. The summed E-state index contributed by atoms with van der Waals surface area (Å²) in [5, 5.41) is 4.38. The topological polar surface area (TPSA) is 43.8 Å². The number of hydrogen-bond donors (Lipinski definition) is 1. The van der Waals surface area contributed by atoms with Gasteiger partial charge in [0.1, 0.15) is 0 Å². The van der Waals surface area contributed by atoms with Crippen LogP contribution in [0.1, 0.15) is 22.4 Å². The van der Waals surface area contributed by atoms with Gasteiger partial charge in [-0.05, 0) is 36.6 Å². The van der Waals surface area contributed by atoms with Crippen molar-refractivity contribution >= 4 is 0 Å². The summed E-state index contributed by atoms with van der Waals surface area (Å²) in [6.45, 7) is 5.54. The smallest absolute Gasteiger partial charge is 0.0662 e. The Morgan fingerprint density at radius 3 is 2.62 bits per heavy atom. The van der Waals surface area contributed by atoms with E-state index in [1.54, 1.807) is 0 Å². The molecule has 1 heterocycles. The molecule has 0 saturated heterocycles. The fourth-order valence-electron chi connectivity index (χ4n) is 1.79. The fraction of sp³-hybridized carbons (Fsp3) is 0.308. The normalized spacial score (nSPS) is 10.7. The molecule has 0 amide bonds. The van der Waals surface area contributed by atoms with Gasteiger partial charge < -0.3 is 5.73 Å². The van der Waals surface area contributed by atoms with Crippen LogP contribution in [-0.2, 0) is 13.1 Å². The van der Waals surface area contributed by atoms with E-state index in [9.17, 15) is 0 Å². The van der Waals surface area contributed by atoms with Crippen molar-refractivity contribution in [1.82, 2.24) is 9.78 Å². The van der Waals surface area contributed by atoms with Crippen LogP contribution in [0, 0.1) is 13.8 Å². The van der Waals surface area contributed by atoms with Gasteiger partial charge in [0.05, 0.1) is 12.2 Å². The molecule has 84 valence electrons. The molecule has 3 heteroatoms. The van der Waals surface area contributed by atoms with Crippen LogP contribution >= 0.6 is 0 Å². The SMILES string of the molecule is Cc1ccn(Cc2ccc(CN)cc2C)n1. The first kappa shape index (κ1) is 10.9. The Kier molecular flexibility index (Phi) is 3.06. The first-order valence-electron chi connectivity index (χ1n) is 5.47. The second kappa shape index (κ2) is 4.49. The maximum Gasteiger partial charge on any atom is 0.0662 e. The minimum Gasteiger partial charge on any atom is -0.326 e. The molecule has 0 spiro atoms. The molecule has 2 rings (SSSR count). The van der Waals surface area contributed by atoms with E-state index in [1.807, 2.05) is 23.9 Å². The zero-order valence-corrected chi connectivity index (χ0v) is 9.77. The lowest BCUT2D eigenvalue weighted by molar-refractivity contribution is 0.676. The third-order valence-electron chi connectivity index (χ3n) is 2.75. The van der Waals surface area contributed by atoms with Crippen molar-refractivity contribution in [3.05, 3.63) is 52.8 Å². The van der Waals surface area contributed by atoms with Crippen molar-refractivity contribution in [2.45, 2.75) is 26.9 Å². The Balaban J connectivity index is 2.21. The Labute approximate surface area is 95.9 Å². The second-order valence-corrected chi connectivity index (χ2v) is 4.12. The maximum absolute atomic E-state index is 5.61. The average molecular weight is 215 g/mol. The predicted octanol–water partition coefficient (Wildman–Crippen LogP) is 2.01. The molecule has 16 heavy (non-hydrogen) atoms. The lowest BCUT2D eigenvalue weighted by Gasteiger charge is -2.07. The van der Waals surface area contributed by atoms with E-state index < -0.39 is 0 Å². The van der Waals surface area contributed by atoms with E-state index in [0.717, 1.165) is 12.2 Å². The Morgan fingerprint density at radius 2 is 2.06 bits per heavy atom. The van der Waals surface area contributed by atoms with Gasteiger partial charge >= 0.3 is 0 Å². The van der Waals surface area contributed by atoms with E-state index in [0.29, 0.717) is 6.54 Å². The van der Waals surface area contributed by atoms with E-state index in [-0.39, 0.29) is 0 Å². The number of aromatic nitrogens is 2. The highest BCUT2D eigenvalue weighted by atomic mass is 15.3. The van der Waals surface area contributed by atoms with Crippen LogP contribution in [0.25, 0.3) is 0 Å². The number of hydrogen-bond acceptors (Lipinski definition) is 2. The van der Waals surface area contributed by atoms with Crippen LogP contribution in [0.2, 0.25) is 0 Å². The van der Waals surface area contributed by atoms with Crippen molar-refractivity contribution < 1.29 is 0 Å². The monoisotopic (exact) mass is 215 g/mol. The number of nitrogens with zero attached hydrogens (tertiary/aromatic N) is 2. The quantitative estimate of drug-likeness (QED) is 0.851. The average Bonchev–Trinajstić information content (AvgIpc) is 2.67. The summed E-state index contributed by atoms with van der Waals surface area (Å²) in [5.41, 5.74) is 10.4. The number of aryl methyl sites for hydroxylation is 2. The summed E-state index contributed by atoms with van der Waals surface area (Å²) in [4.78, 5) is 0. The standard InChI is InChI=1S/C13H17N3/c1-10-7-12(8-14)3-4-13(10)9-16-6-5-11(2)15-16/h3-7H,8-9,14H2,1-2H3. The summed E-state index contributed by atoms with van der Waals surface area (Å²) in [6, 6.07) is 8.38. The maximum atomic E-state index is 5.61.